The molecule has 1 rings (SSSR count). The van der Waals surface area contributed by atoms with Gasteiger partial charge in [-0.15, -0.1) is 11.6 Å². The summed E-state index contributed by atoms with van der Waals surface area (Å²) in [4.78, 5) is 15.3. The highest BCUT2D eigenvalue weighted by Crippen LogP contribution is 1.98. The third-order valence-corrected chi connectivity index (χ3v) is 1.94. The van der Waals surface area contributed by atoms with Crippen LogP contribution < -0.4 is 5.32 Å². The van der Waals surface area contributed by atoms with Gasteiger partial charge in [0.1, 0.15) is 5.69 Å². The predicted octanol–water partition coefficient (Wildman–Crippen LogP) is 1.83. The number of amides is 1. The van der Waals surface area contributed by atoms with E-state index in [1.165, 1.54) is 0 Å². The van der Waals surface area contributed by atoms with Gasteiger partial charge in [0.25, 0.3) is 5.91 Å². The molecule has 1 atom stereocenters. The van der Waals surface area contributed by atoms with Gasteiger partial charge in [0.2, 0.25) is 0 Å². The van der Waals surface area contributed by atoms with E-state index in [-0.39, 0.29) is 11.3 Å². The first-order chi connectivity index (χ1) is 6.70. The number of hydrogen-bond donors (Lipinski definition) is 1. The molecule has 0 bridgehead atoms. The minimum absolute atomic E-state index is 0.0824. The zero-order valence-electron chi connectivity index (χ0n) is 8.03. The molecule has 1 N–H and O–H groups in total. The molecule has 1 heterocycles. The van der Waals surface area contributed by atoms with E-state index in [9.17, 15) is 4.79 Å². The summed E-state index contributed by atoms with van der Waals surface area (Å²) >= 11 is 5.74. The van der Waals surface area contributed by atoms with Gasteiger partial charge < -0.3 is 5.32 Å². The maximum absolute atomic E-state index is 11.4. The van der Waals surface area contributed by atoms with Crippen LogP contribution in [0, 0.1) is 0 Å². The number of aromatic nitrogens is 1. The normalized spacial score (nSPS) is 12.1. The van der Waals surface area contributed by atoms with Crippen LogP contribution >= 0.6 is 11.6 Å². The SMILES string of the molecule is CC(Cl)CCNC(=O)c1ccccn1. The van der Waals surface area contributed by atoms with Gasteiger partial charge in [-0.2, -0.15) is 0 Å². The Morgan fingerprint density at radius 2 is 2.43 bits per heavy atom. The molecule has 14 heavy (non-hydrogen) atoms. The number of nitrogens with one attached hydrogen (secondary N) is 1. The fourth-order valence-corrected chi connectivity index (χ4v) is 1.08. The van der Waals surface area contributed by atoms with Crippen molar-refractivity contribution in [3.05, 3.63) is 30.1 Å². The molecule has 0 radical (unpaired) electrons. The third kappa shape index (κ3) is 3.75. The van der Waals surface area contributed by atoms with E-state index in [1.54, 1.807) is 24.4 Å². The lowest BCUT2D eigenvalue weighted by Crippen LogP contribution is -2.26. The second-order valence-electron chi connectivity index (χ2n) is 3.04. The van der Waals surface area contributed by atoms with Gasteiger partial charge in [0.05, 0.1) is 0 Å². The molecule has 0 saturated carbocycles. The summed E-state index contributed by atoms with van der Waals surface area (Å²) in [5, 5.41) is 2.83. The smallest absolute Gasteiger partial charge is 0.269 e. The average molecular weight is 213 g/mol. The first-order valence-electron chi connectivity index (χ1n) is 4.53. The number of carbonyl (C=O) groups is 1. The van der Waals surface area contributed by atoms with Gasteiger partial charge in [-0.05, 0) is 25.5 Å². The van der Waals surface area contributed by atoms with Crippen LogP contribution in [-0.4, -0.2) is 22.8 Å². The summed E-state index contributed by atoms with van der Waals surface area (Å²) in [6, 6.07) is 5.24. The van der Waals surface area contributed by atoms with E-state index in [0.29, 0.717) is 12.2 Å². The van der Waals surface area contributed by atoms with E-state index in [0.717, 1.165) is 6.42 Å². The Bertz CT molecular complexity index is 287. The van der Waals surface area contributed by atoms with Crippen LogP contribution in [0.4, 0.5) is 0 Å². The molecule has 1 amide bonds. The molecular weight excluding hydrogens is 200 g/mol. The minimum atomic E-state index is -0.150. The van der Waals surface area contributed by atoms with Crippen molar-refractivity contribution in [2.45, 2.75) is 18.7 Å². The third-order valence-electron chi connectivity index (χ3n) is 1.73. The Morgan fingerprint density at radius 1 is 1.64 bits per heavy atom. The van der Waals surface area contributed by atoms with E-state index in [2.05, 4.69) is 10.3 Å². The van der Waals surface area contributed by atoms with Crippen LogP contribution in [0.2, 0.25) is 0 Å². The van der Waals surface area contributed by atoms with Crippen molar-refractivity contribution in [2.24, 2.45) is 0 Å². The van der Waals surface area contributed by atoms with Gasteiger partial charge in [-0.25, -0.2) is 0 Å². The van der Waals surface area contributed by atoms with Gasteiger partial charge in [-0.1, -0.05) is 6.07 Å². The lowest BCUT2D eigenvalue weighted by molar-refractivity contribution is 0.0948. The molecular formula is C10H13ClN2O. The van der Waals surface area contributed by atoms with E-state index < -0.39 is 0 Å². The topological polar surface area (TPSA) is 42.0 Å². The molecule has 0 aliphatic rings. The van der Waals surface area contributed by atoms with Crippen molar-refractivity contribution >= 4 is 17.5 Å². The number of pyridine rings is 1. The highest BCUT2D eigenvalue weighted by molar-refractivity contribution is 6.20. The fourth-order valence-electron chi connectivity index (χ4n) is 0.972. The number of carbonyl (C=O) groups excluding carboxylic acids is 1. The summed E-state index contributed by atoms with van der Waals surface area (Å²) in [7, 11) is 0. The number of halogens is 1. The lowest BCUT2D eigenvalue weighted by Gasteiger charge is -2.05. The Labute approximate surface area is 88.5 Å². The molecule has 1 unspecified atom stereocenters. The summed E-state index contributed by atoms with van der Waals surface area (Å²) in [6.07, 6.45) is 2.36. The van der Waals surface area contributed by atoms with Gasteiger partial charge >= 0.3 is 0 Å². The number of alkyl halides is 1. The number of nitrogens with zero attached hydrogens (tertiary/aromatic N) is 1. The summed E-state index contributed by atoms with van der Waals surface area (Å²) in [6.45, 7) is 2.48. The van der Waals surface area contributed by atoms with Crippen molar-refractivity contribution in [3.8, 4) is 0 Å². The van der Waals surface area contributed by atoms with Crippen LogP contribution in [0.1, 0.15) is 23.8 Å². The van der Waals surface area contributed by atoms with Crippen molar-refractivity contribution < 1.29 is 4.79 Å². The Morgan fingerprint density at radius 3 is 3.00 bits per heavy atom. The quantitative estimate of drug-likeness (QED) is 0.774. The van der Waals surface area contributed by atoms with E-state index in [4.69, 9.17) is 11.6 Å². The average Bonchev–Trinajstić information content (AvgIpc) is 2.18. The van der Waals surface area contributed by atoms with Gasteiger partial charge in [0, 0.05) is 18.1 Å². The van der Waals surface area contributed by atoms with Gasteiger partial charge in [-0.3, -0.25) is 9.78 Å². The molecule has 3 nitrogen and oxygen atoms in total. The maximum atomic E-state index is 11.4. The van der Waals surface area contributed by atoms with E-state index >= 15 is 0 Å². The van der Waals surface area contributed by atoms with Crippen molar-refractivity contribution in [3.63, 3.8) is 0 Å². The molecule has 0 aromatic carbocycles. The van der Waals surface area contributed by atoms with E-state index in [1.807, 2.05) is 6.92 Å². The summed E-state index contributed by atoms with van der Waals surface area (Å²) in [5.74, 6) is -0.150. The number of rotatable bonds is 4. The minimum Gasteiger partial charge on any atom is -0.351 e. The van der Waals surface area contributed by atoms with Crippen molar-refractivity contribution in [1.82, 2.24) is 10.3 Å². The standard InChI is InChI=1S/C10H13ClN2O/c1-8(11)5-7-13-10(14)9-4-2-3-6-12-9/h2-4,6,8H,5,7H2,1H3,(H,13,14). The predicted molar refractivity (Wildman–Crippen MR) is 56.5 cm³/mol. The lowest BCUT2D eigenvalue weighted by atomic mass is 10.3. The molecule has 4 heteroatoms. The van der Waals surface area contributed by atoms with Gasteiger partial charge in [0.15, 0.2) is 0 Å². The zero-order chi connectivity index (χ0) is 10.4. The Kier molecular flexibility index (Phi) is 4.40. The Balaban J connectivity index is 2.36. The molecule has 1 aromatic heterocycles. The van der Waals surface area contributed by atoms with Crippen LogP contribution in [0.25, 0.3) is 0 Å². The second kappa shape index (κ2) is 5.60. The van der Waals surface area contributed by atoms with Crippen molar-refractivity contribution in [2.75, 3.05) is 6.54 Å². The van der Waals surface area contributed by atoms with Crippen LogP contribution in [0.15, 0.2) is 24.4 Å². The largest absolute Gasteiger partial charge is 0.351 e. The molecule has 0 spiro atoms. The first-order valence-corrected chi connectivity index (χ1v) is 4.97. The molecule has 76 valence electrons. The molecule has 1 aromatic rings. The monoisotopic (exact) mass is 212 g/mol. The Hall–Kier alpha value is -1.09. The summed E-state index contributed by atoms with van der Waals surface area (Å²) in [5.41, 5.74) is 0.440. The molecule has 0 fully saturated rings. The van der Waals surface area contributed by atoms with Crippen molar-refractivity contribution in [1.29, 1.82) is 0 Å². The molecule has 0 aliphatic carbocycles. The first kappa shape index (κ1) is 11.0. The highest BCUT2D eigenvalue weighted by atomic mass is 35.5. The van der Waals surface area contributed by atoms with Crippen LogP contribution in [0.3, 0.4) is 0 Å². The zero-order valence-corrected chi connectivity index (χ0v) is 8.79. The fraction of sp³-hybridized carbons (Fsp3) is 0.400. The second-order valence-corrected chi connectivity index (χ2v) is 3.79. The molecule has 0 aliphatic heterocycles. The van der Waals surface area contributed by atoms with Crippen LogP contribution in [0.5, 0.6) is 0 Å². The molecule has 0 saturated heterocycles. The highest BCUT2D eigenvalue weighted by Gasteiger charge is 2.05. The maximum Gasteiger partial charge on any atom is 0.269 e. The number of hydrogen-bond acceptors (Lipinski definition) is 2. The summed E-state index contributed by atoms with van der Waals surface area (Å²) < 4.78 is 0. The van der Waals surface area contributed by atoms with Crippen LogP contribution in [-0.2, 0) is 0 Å².